The van der Waals surface area contributed by atoms with Crippen LogP contribution in [0.2, 0.25) is 0 Å². The van der Waals surface area contributed by atoms with Crippen LogP contribution in [0.25, 0.3) is 0 Å². The third-order valence-corrected chi connectivity index (χ3v) is 0.542. The summed E-state index contributed by atoms with van der Waals surface area (Å²) in [6, 6.07) is 0. The Balaban J connectivity index is 0. The van der Waals surface area contributed by atoms with Crippen molar-refractivity contribution in [3.05, 3.63) is 24.3 Å². The van der Waals surface area contributed by atoms with Gasteiger partial charge in [-0.1, -0.05) is 18.2 Å². The third-order valence-electron chi connectivity index (χ3n) is 0.542. The zero-order valence-electron chi connectivity index (χ0n) is 4.66. The topological polar surface area (TPSA) is 37.3 Å². The van der Waals surface area contributed by atoms with Gasteiger partial charge in [0.25, 0.3) is 0 Å². The average molecular weight is 189 g/mol. The first-order valence-corrected chi connectivity index (χ1v) is 2.29. The van der Waals surface area contributed by atoms with E-state index in [1.165, 1.54) is 6.08 Å². The van der Waals surface area contributed by atoms with Gasteiger partial charge >= 0.3 is 23.6 Å². The fraction of sp³-hybridized carbons (Fsp3) is 0.167. The molecule has 0 amide bonds. The van der Waals surface area contributed by atoms with E-state index < -0.39 is 5.97 Å². The molecule has 0 aromatic rings. The molecule has 0 atom stereocenters. The fourth-order valence-electron chi connectivity index (χ4n) is 0.249. The molecule has 0 saturated heterocycles. The summed E-state index contributed by atoms with van der Waals surface area (Å²) in [5.74, 6) is -0.914. The van der Waals surface area contributed by atoms with E-state index in [-0.39, 0.29) is 17.6 Å². The zero-order chi connectivity index (χ0) is 6.41. The van der Waals surface area contributed by atoms with E-state index in [9.17, 15) is 4.79 Å². The maximum absolute atomic E-state index is 9.75. The van der Waals surface area contributed by atoms with Crippen LogP contribution in [0.1, 0.15) is 6.92 Å². The Hall–Kier alpha value is -0.507. The van der Waals surface area contributed by atoms with E-state index in [0.29, 0.717) is 0 Å². The Morgan fingerprint density at radius 3 is 2.33 bits per heavy atom. The molecule has 0 rings (SSSR count). The molecule has 1 N–H and O–H groups in total. The maximum atomic E-state index is 9.75. The monoisotopic (exact) mass is 190 g/mol. The second-order valence-corrected chi connectivity index (χ2v) is 1.22. The number of hydrogen-bond acceptors (Lipinski definition) is 1. The standard InChI is InChI=1S/C6H8O2.GeH4/c1-2-3-4-5-6(7)8;/h2-5H,1H3,(H,7,8);1H4/b3-2+,5-4+;. The van der Waals surface area contributed by atoms with E-state index in [1.807, 2.05) is 6.92 Å². The van der Waals surface area contributed by atoms with Crippen LogP contribution in [0.15, 0.2) is 24.3 Å². The summed E-state index contributed by atoms with van der Waals surface area (Å²) in [6.45, 7) is 1.83. The zero-order valence-corrected chi connectivity index (χ0v) is 4.66. The van der Waals surface area contributed by atoms with Gasteiger partial charge in [-0.25, -0.2) is 4.79 Å². The molecule has 0 saturated carbocycles. The van der Waals surface area contributed by atoms with Gasteiger partial charge in [-0.15, -0.1) is 0 Å². The summed E-state index contributed by atoms with van der Waals surface area (Å²) in [4.78, 5) is 9.75. The molecule has 0 aliphatic carbocycles. The first-order valence-electron chi connectivity index (χ1n) is 2.29. The molecule has 0 radical (unpaired) electrons. The van der Waals surface area contributed by atoms with E-state index in [4.69, 9.17) is 5.11 Å². The Morgan fingerprint density at radius 2 is 2.00 bits per heavy atom. The first kappa shape index (κ1) is 11.3. The molecule has 3 heteroatoms. The van der Waals surface area contributed by atoms with Crippen LogP contribution in [-0.4, -0.2) is 28.7 Å². The molecule has 0 aliphatic rings. The van der Waals surface area contributed by atoms with Gasteiger partial charge in [-0.2, -0.15) is 0 Å². The molecule has 0 aromatic carbocycles. The molecule has 0 aromatic heterocycles. The van der Waals surface area contributed by atoms with Gasteiger partial charge in [0.2, 0.25) is 0 Å². The number of carbonyl (C=O) groups is 1. The Bertz CT molecular complexity index is 127. The van der Waals surface area contributed by atoms with Crippen molar-refractivity contribution in [3.8, 4) is 0 Å². The summed E-state index contributed by atoms with van der Waals surface area (Å²) >= 11 is 0. The molecular formula is C6H12GeO2. The summed E-state index contributed by atoms with van der Waals surface area (Å²) in [6.07, 6.45) is 5.98. The number of allylic oxidation sites excluding steroid dienone is 3. The van der Waals surface area contributed by atoms with Crippen LogP contribution in [0.5, 0.6) is 0 Å². The van der Waals surface area contributed by atoms with Crippen LogP contribution in [0.3, 0.4) is 0 Å². The first-order chi connectivity index (χ1) is 3.77. The van der Waals surface area contributed by atoms with E-state index >= 15 is 0 Å². The molecule has 0 aliphatic heterocycles. The van der Waals surface area contributed by atoms with Crippen molar-refractivity contribution in [1.82, 2.24) is 0 Å². The Kier molecular flexibility index (Phi) is 9.42. The predicted molar refractivity (Wildman–Crippen MR) is 42.9 cm³/mol. The average Bonchev–Trinajstić information content (AvgIpc) is 1.66. The van der Waals surface area contributed by atoms with Gasteiger partial charge in [0.1, 0.15) is 0 Å². The van der Waals surface area contributed by atoms with Gasteiger partial charge in [0, 0.05) is 6.08 Å². The van der Waals surface area contributed by atoms with Crippen LogP contribution in [0.4, 0.5) is 0 Å². The van der Waals surface area contributed by atoms with Crippen LogP contribution in [-0.2, 0) is 4.79 Å². The molecule has 52 valence electrons. The number of hydrogen-bond donors (Lipinski definition) is 1. The third kappa shape index (κ3) is 11.2. The Labute approximate surface area is 65.2 Å². The van der Waals surface area contributed by atoms with Gasteiger partial charge in [0.05, 0.1) is 0 Å². The van der Waals surface area contributed by atoms with Crippen LogP contribution >= 0.6 is 0 Å². The van der Waals surface area contributed by atoms with Crippen molar-refractivity contribution in [2.75, 3.05) is 0 Å². The molecule has 0 fully saturated rings. The van der Waals surface area contributed by atoms with E-state index in [2.05, 4.69) is 0 Å². The second-order valence-electron chi connectivity index (χ2n) is 1.22. The van der Waals surface area contributed by atoms with Crippen molar-refractivity contribution in [2.24, 2.45) is 0 Å². The van der Waals surface area contributed by atoms with Crippen LogP contribution in [0, 0.1) is 0 Å². The summed E-state index contributed by atoms with van der Waals surface area (Å²) in [5.41, 5.74) is 0. The van der Waals surface area contributed by atoms with Gasteiger partial charge in [-0.05, 0) is 6.92 Å². The fourth-order valence-corrected chi connectivity index (χ4v) is 0.249. The number of rotatable bonds is 2. The normalized spacial score (nSPS) is 9.89. The van der Waals surface area contributed by atoms with E-state index in [1.54, 1.807) is 12.2 Å². The minimum atomic E-state index is -0.914. The number of aliphatic carboxylic acids is 1. The molecular weight excluding hydrogens is 177 g/mol. The molecule has 0 unspecified atom stereocenters. The SMILES string of the molecule is C/C=C/C=C/C(=O)O.[GeH4]. The van der Waals surface area contributed by atoms with Gasteiger partial charge in [-0.3, -0.25) is 0 Å². The summed E-state index contributed by atoms with van der Waals surface area (Å²) in [5, 5.41) is 8.02. The van der Waals surface area contributed by atoms with Crippen molar-refractivity contribution in [1.29, 1.82) is 0 Å². The van der Waals surface area contributed by atoms with Gasteiger partial charge in [0.15, 0.2) is 0 Å². The van der Waals surface area contributed by atoms with Crippen molar-refractivity contribution < 1.29 is 9.90 Å². The Morgan fingerprint density at radius 1 is 1.44 bits per heavy atom. The second kappa shape index (κ2) is 7.49. The minimum absolute atomic E-state index is 0. The van der Waals surface area contributed by atoms with Crippen molar-refractivity contribution in [2.45, 2.75) is 6.92 Å². The molecule has 0 bridgehead atoms. The van der Waals surface area contributed by atoms with Crippen LogP contribution < -0.4 is 0 Å². The molecule has 0 heterocycles. The number of carboxylic acid groups (broad SMARTS) is 1. The summed E-state index contributed by atoms with van der Waals surface area (Å²) in [7, 11) is 0. The van der Waals surface area contributed by atoms with Crippen molar-refractivity contribution in [3.63, 3.8) is 0 Å². The van der Waals surface area contributed by atoms with Gasteiger partial charge < -0.3 is 5.11 Å². The number of carboxylic acids is 1. The van der Waals surface area contributed by atoms with Crippen molar-refractivity contribution >= 4 is 23.6 Å². The molecule has 0 spiro atoms. The van der Waals surface area contributed by atoms with E-state index in [0.717, 1.165) is 6.08 Å². The predicted octanol–water partition coefficient (Wildman–Crippen LogP) is -0.248. The molecule has 2 nitrogen and oxygen atoms in total. The molecule has 9 heavy (non-hydrogen) atoms. The summed E-state index contributed by atoms with van der Waals surface area (Å²) < 4.78 is 0. The quantitative estimate of drug-likeness (QED) is 0.369.